The number of hydrogen-bond donors (Lipinski definition) is 2. The molecule has 2 aliphatic rings. The van der Waals surface area contributed by atoms with Crippen LogP contribution in [0.3, 0.4) is 0 Å². The molecule has 0 bridgehead atoms. The number of rotatable bonds is 8. The molecular formula is C46H32F6N18O2. The second kappa shape index (κ2) is 18.6. The first kappa shape index (κ1) is 47.8. The van der Waals surface area contributed by atoms with Crippen LogP contribution in [0.1, 0.15) is 132 Å². The third kappa shape index (κ3) is 8.81. The monoisotopic (exact) mass is 982 g/mol. The number of nitrogens with zero attached hydrogens (tertiary/aromatic N) is 16. The van der Waals surface area contributed by atoms with E-state index in [-0.39, 0.29) is 57.1 Å². The highest BCUT2D eigenvalue weighted by Gasteiger charge is 2.40. The molecular weight excluding hydrogens is 951 g/mol. The maximum absolute atomic E-state index is 13.0. The lowest BCUT2D eigenvalue weighted by Gasteiger charge is -2.34. The van der Waals surface area contributed by atoms with Gasteiger partial charge in [0.05, 0.1) is 25.2 Å². The summed E-state index contributed by atoms with van der Waals surface area (Å²) >= 11 is 0. The average Bonchev–Trinajstić information content (AvgIpc) is 3.92. The van der Waals surface area contributed by atoms with Gasteiger partial charge in [0.15, 0.2) is 22.7 Å². The van der Waals surface area contributed by atoms with Crippen molar-refractivity contribution in [3.05, 3.63) is 162 Å². The average molecular weight is 983 g/mol. The molecule has 2 aliphatic carbocycles. The Morgan fingerprint density at radius 2 is 0.958 bits per heavy atom. The predicted molar refractivity (Wildman–Crippen MR) is 238 cm³/mol. The van der Waals surface area contributed by atoms with E-state index in [9.17, 15) is 46.5 Å². The number of aromatic amines is 2. The van der Waals surface area contributed by atoms with Crippen LogP contribution in [0, 0.1) is 35.8 Å². The number of halogens is 6. The van der Waals surface area contributed by atoms with Crippen LogP contribution in [0.2, 0.25) is 0 Å². The second-order valence-electron chi connectivity index (χ2n) is 16.8. The molecule has 8 aromatic rings. The molecule has 2 saturated carbocycles. The van der Waals surface area contributed by atoms with Crippen molar-refractivity contribution >= 4 is 33.4 Å². The highest BCUT2D eigenvalue weighted by molar-refractivity contribution is 5.81. The van der Waals surface area contributed by atoms with Crippen LogP contribution in [0.25, 0.3) is 31.8 Å². The van der Waals surface area contributed by atoms with Gasteiger partial charge in [-0.15, -0.1) is 0 Å². The molecule has 8 heterocycles. The molecule has 0 amide bonds. The molecule has 8 aromatic heterocycles. The summed E-state index contributed by atoms with van der Waals surface area (Å²) in [6.45, 7) is 17.4. The van der Waals surface area contributed by atoms with Gasteiger partial charge in [0.2, 0.25) is 11.4 Å². The Labute approximate surface area is 400 Å². The molecule has 2 N–H and O–H groups in total. The fourth-order valence-electron chi connectivity index (χ4n) is 8.53. The van der Waals surface area contributed by atoms with E-state index in [1.165, 1.54) is 46.3 Å². The van der Waals surface area contributed by atoms with Crippen LogP contribution < -0.4 is 11.1 Å². The molecule has 26 heteroatoms. The summed E-state index contributed by atoms with van der Waals surface area (Å²) in [5, 5.41) is 27.5. The van der Waals surface area contributed by atoms with E-state index in [1.807, 2.05) is 12.1 Å². The summed E-state index contributed by atoms with van der Waals surface area (Å²) in [7, 11) is 0. The highest BCUT2D eigenvalue weighted by atomic mass is 19.4. The first-order valence-corrected chi connectivity index (χ1v) is 21.7. The van der Waals surface area contributed by atoms with Gasteiger partial charge in [-0.05, 0) is 62.8 Å². The molecule has 10 rings (SSSR count). The van der Waals surface area contributed by atoms with Gasteiger partial charge in [0.1, 0.15) is 57.6 Å². The summed E-state index contributed by atoms with van der Waals surface area (Å²) in [5.41, 5.74) is -1.67. The van der Waals surface area contributed by atoms with Crippen LogP contribution >= 0.6 is 0 Å². The van der Waals surface area contributed by atoms with Gasteiger partial charge in [-0.25, -0.2) is 29.0 Å². The number of pyridine rings is 2. The molecule has 2 fully saturated rings. The largest absolute Gasteiger partial charge is 0.433 e. The summed E-state index contributed by atoms with van der Waals surface area (Å²) in [6.07, 6.45) is 1.76. The number of fused-ring (bicyclic) bond motifs is 2. The van der Waals surface area contributed by atoms with E-state index in [1.54, 1.807) is 13.8 Å². The Kier molecular flexibility index (Phi) is 12.3. The zero-order chi connectivity index (χ0) is 51.2. The van der Waals surface area contributed by atoms with Gasteiger partial charge in [-0.2, -0.15) is 47.1 Å². The lowest BCUT2D eigenvalue weighted by Crippen LogP contribution is -2.28. The fraction of sp³-hybridized carbons (Fsp3) is 0.304. The fourth-order valence-corrected chi connectivity index (χ4v) is 8.53. The third-order valence-electron chi connectivity index (χ3n) is 12.7. The maximum atomic E-state index is 13.0. The summed E-state index contributed by atoms with van der Waals surface area (Å²) in [4.78, 5) is 71.3. The maximum Gasteiger partial charge on any atom is 0.433 e. The van der Waals surface area contributed by atoms with Crippen molar-refractivity contribution in [3.8, 4) is 12.1 Å². The first-order valence-electron chi connectivity index (χ1n) is 21.7. The van der Waals surface area contributed by atoms with Gasteiger partial charge in [0.25, 0.3) is 11.1 Å². The minimum Gasteiger partial charge on any atom is -0.310 e. The molecule has 72 heavy (non-hydrogen) atoms. The third-order valence-corrected chi connectivity index (χ3v) is 12.7. The molecule has 0 aromatic carbocycles. The molecule has 0 spiro atoms. The number of aromatic nitrogens is 14. The predicted octanol–water partition coefficient (Wildman–Crippen LogP) is 8.03. The van der Waals surface area contributed by atoms with Gasteiger partial charge in [-0.3, -0.25) is 39.5 Å². The zero-order valence-corrected chi connectivity index (χ0v) is 37.3. The molecule has 0 radical (unpaired) electrons. The molecule has 0 aliphatic heterocycles. The van der Waals surface area contributed by atoms with Crippen molar-refractivity contribution in [2.75, 3.05) is 0 Å². The van der Waals surface area contributed by atoms with E-state index < -0.39 is 46.9 Å². The summed E-state index contributed by atoms with van der Waals surface area (Å²) in [6, 6.07) is 6.75. The highest BCUT2D eigenvalue weighted by Crippen LogP contribution is 2.48. The summed E-state index contributed by atoms with van der Waals surface area (Å²) < 4.78 is 80.2. The van der Waals surface area contributed by atoms with Crippen LogP contribution in [-0.2, 0) is 12.4 Å². The number of H-pyrrole nitrogens is 2. The normalized spacial score (nSPS) is 18.3. The smallest absolute Gasteiger partial charge is 0.310 e. The van der Waals surface area contributed by atoms with Crippen LogP contribution in [-0.4, -0.2) is 69.4 Å². The topological polar surface area (TPSA) is 261 Å². The van der Waals surface area contributed by atoms with Crippen molar-refractivity contribution < 1.29 is 26.3 Å². The quantitative estimate of drug-likeness (QED) is 0.108. The van der Waals surface area contributed by atoms with Crippen LogP contribution in [0.15, 0.2) is 71.0 Å². The number of nitrogens with one attached hydrogen (secondary N) is 2. The van der Waals surface area contributed by atoms with E-state index in [0.717, 1.165) is 37.4 Å². The van der Waals surface area contributed by atoms with Crippen molar-refractivity contribution in [2.45, 2.75) is 87.6 Å². The van der Waals surface area contributed by atoms with Crippen molar-refractivity contribution in [3.63, 3.8) is 0 Å². The minimum atomic E-state index is -4.57. The van der Waals surface area contributed by atoms with Gasteiger partial charge in [-0.1, -0.05) is 12.1 Å². The molecule has 4 unspecified atom stereocenters. The van der Waals surface area contributed by atoms with Gasteiger partial charge in [0, 0.05) is 60.9 Å². The molecule has 0 saturated heterocycles. The SMILES string of the molecule is [C-]#[N+]c1cnc(C2CCC2c2nc3c(c(C#N)nn3[C@@H](C)c3ccc(C(F)(F)F)nc3)c(=O)[nH]2)nc1.[C-]#[N+]c1cnc(C2CCC2c2nc3c(c(C#N)nn3[C@@H](C)c3ccc(C(F)(F)F)nc3)c(=O)[nH]2)nc1. The Hall–Kier alpha value is -9.30. The molecule has 6 atom stereocenters. The molecule has 20 nitrogen and oxygen atoms in total. The van der Waals surface area contributed by atoms with Crippen molar-refractivity contribution in [1.29, 1.82) is 10.5 Å². The standard InChI is InChI=1S/2C23H16F3N9O/c2*1-11(12-3-6-17(29-8-12)23(24,25)26)35-21-18(16(7-27)34-35)22(36)33-20(32-21)15-5-4-14(15)19-30-9-13(28-2)10-31-19/h2*3,6,8-11,14-15H,4-5H2,1H3,(H,32,33,36)/t2*11-,14?,15?/m00/s1. The number of nitriles is 2. The van der Waals surface area contributed by atoms with Gasteiger partial charge >= 0.3 is 12.4 Å². The Morgan fingerprint density at radius 1 is 0.597 bits per heavy atom. The lowest BCUT2D eigenvalue weighted by molar-refractivity contribution is -0.142. The first-order chi connectivity index (χ1) is 34.4. The second-order valence-corrected chi connectivity index (χ2v) is 16.8. The van der Waals surface area contributed by atoms with E-state index in [0.29, 0.717) is 58.6 Å². The van der Waals surface area contributed by atoms with Crippen LogP contribution in [0.5, 0.6) is 0 Å². The van der Waals surface area contributed by atoms with Crippen molar-refractivity contribution in [1.82, 2.24) is 69.4 Å². The van der Waals surface area contributed by atoms with E-state index >= 15 is 0 Å². The van der Waals surface area contributed by atoms with E-state index in [2.05, 4.69) is 69.7 Å². The van der Waals surface area contributed by atoms with Crippen LogP contribution in [0.4, 0.5) is 37.7 Å². The minimum absolute atomic E-state index is 0.00139. The Morgan fingerprint density at radius 3 is 1.24 bits per heavy atom. The summed E-state index contributed by atoms with van der Waals surface area (Å²) in [5.74, 6) is 1.21. The molecule has 360 valence electrons. The van der Waals surface area contributed by atoms with Gasteiger partial charge < -0.3 is 9.97 Å². The number of hydrogen-bond acceptors (Lipinski definition) is 14. The Bertz CT molecular complexity index is 3430. The van der Waals surface area contributed by atoms with E-state index in [4.69, 9.17) is 13.1 Å². The lowest BCUT2D eigenvalue weighted by atomic mass is 9.72. The zero-order valence-electron chi connectivity index (χ0n) is 37.3. The number of alkyl halides is 6. The Balaban J connectivity index is 0.000000178. The van der Waals surface area contributed by atoms with Crippen molar-refractivity contribution in [2.24, 2.45) is 0 Å².